The van der Waals surface area contributed by atoms with Crippen molar-refractivity contribution in [1.29, 1.82) is 0 Å². The van der Waals surface area contributed by atoms with E-state index in [0.29, 0.717) is 34.9 Å². The maximum atomic E-state index is 13.5. The molecule has 4 rings (SSSR count). The summed E-state index contributed by atoms with van der Waals surface area (Å²) < 4.78 is 41.8. The van der Waals surface area contributed by atoms with E-state index in [9.17, 15) is 23.1 Å². The first kappa shape index (κ1) is 23.3. The third kappa shape index (κ3) is 4.60. The van der Waals surface area contributed by atoms with Crippen LogP contribution in [0.3, 0.4) is 0 Å². The third-order valence-corrected chi connectivity index (χ3v) is 5.31. The molecule has 0 aliphatic heterocycles. The molecule has 0 saturated carbocycles. The number of nitrogens with one attached hydrogen (secondary N) is 2. The number of fused-ring (bicyclic) bond motifs is 1. The molecule has 0 bridgehead atoms. The summed E-state index contributed by atoms with van der Waals surface area (Å²) in [6, 6.07) is 13.5. The van der Waals surface area contributed by atoms with Crippen LogP contribution < -0.4 is 10.6 Å². The molecule has 0 radical (unpaired) electrons. The van der Waals surface area contributed by atoms with Crippen molar-refractivity contribution < 1.29 is 23.1 Å². The third-order valence-electron chi connectivity index (χ3n) is 5.31. The molecule has 1 heterocycles. The van der Waals surface area contributed by atoms with Gasteiger partial charge in [-0.3, -0.25) is 5.32 Å². The van der Waals surface area contributed by atoms with Gasteiger partial charge < -0.3 is 10.4 Å². The molecule has 0 atom stereocenters. The number of carbonyl (C=O) groups excluding carboxylic acids is 1. The highest BCUT2D eigenvalue weighted by atomic mass is 19.2. The Morgan fingerprint density at radius 3 is 2.32 bits per heavy atom. The number of rotatable bonds is 4. The van der Waals surface area contributed by atoms with Gasteiger partial charge in [-0.25, -0.2) is 22.6 Å². The average molecular weight is 468 g/mol. The number of urea groups is 1. The van der Waals surface area contributed by atoms with Crippen LogP contribution in [0.5, 0.6) is 0 Å². The van der Waals surface area contributed by atoms with E-state index < -0.39 is 23.5 Å². The maximum absolute atomic E-state index is 13.5. The van der Waals surface area contributed by atoms with Crippen LogP contribution in [0.1, 0.15) is 32.0 Å². The van der Waals surface area contributed by atoms with E-state index in [1.807, 2.05) is 51.1 Å². The lowest BCUT2D eigenvalue weighted by Gasteiger charge is -2.14. The molecule has 1 aromatic heterocycles. The van der Waals surface area contributed by atoms with Gasteiger partial charge in [0.2, 0.25) is 0 Å². The summed E-state index contributed by atoms with van der Waals surface area (Å²) in [4.78, 5) is 12.6. The first-order valence-corrected chi connectivity index (χ1v) is 10.5. The molecule has 0 aliphatic carbocycles. The van der Waals surface area contributed by atoms with Gasteiger partial charge in [-0.2, -0.15) is 5.10 Å². The van der Waals surface area contributed by atoms with Crippen molar-refractivity contribution in [2.45, 2.75) is 32.8 Å². The highest BCUT2D eigenvalue weighted by molar-refractivity contribution is 5.99. The van der Waals surface area contributed by atoms with Crippen LogP contribution in [-0.2, 0) is 12.0 Å². The summed E-state index contributed by atoms with van der Waals surface area (Å²) in [5.41, 5.74) is 1.38. The van der Waals surface area contributed by atoms with Gasteiger partial charge in [0.25, 0.3) is 0 Å². The van der Waals surface area contributed by atoms with Gasteiger partial charge >= 0.3 is 6.03 Å². The van der Waals surface area contributed by atoms with Crippen LogP contribution in [0.15, 0.2) is 54.6 Å². The molecule has 0 fully saturated rings. The van der Waals surface area contributed by atoms with Crippen molar-refractivity contribution in [3.05, 3.63) is 83.3 Å². The number of halogens is 3. The minimum atomic E-state index is -1.62. The number of carbonyl (C=O) groups is 1. The van der Waals surface area contributed by atoms with E-state index in [2.05, 4.69) is 15.7 Å². The Morgan fingerprint density at radius 2 is 1.68 bits per heavy atom. The van der Waals surface area contributed by atoms with Crippen LogP contribution in [0.2, 0.25) is 0 Å². The lowest BCUT2D eigenvalue weighted by atomic mass is 9.92. The molecule has 3 N–H and O–H groups in total. The molecule has 4 aromatic rings. The Labute approximate surface area is 194 Å². The highest BCUT2D eigenvalue weighted by Crippen LogP contribution is 2.29. The second-order valence-electron chi connectivity index (χ2n) is 8.89. The number of aromatic nitrogens is 2. The molecule has 6 nitrogen and oxygen atoms in total. The number of anilines is 2. The fourth-order valence-electron chi connectivity index (χ4n) is 3.57. The Balaban J connectivity index is 1.73. The van der Waals surface area contributed by atoms with Crippen LogP contribution in [0.4, 0.5) is 29.5 Å². The van der Waals surface area contributed by atoms with Gasteiger partial charge in [0.05, 0.1) is 18.0 Å². The van der Waals surface area contributed by atoms with Crippen molar-refractivity contribution in [3.8, 4) is 5.69 Å². The largest absolute Gasteiger partial charge is 0.392 e. The van der Waals surface area contributed by atoms with Gasteiger partial charge in [-0.1, -0.05) is 45.0 Å². The second-order valence-corrected chi connectivity index (χ2v) is 8.89. The number of aliphatic hydroxyl groups excluding tert-OH is 1. The Hall–Kier alpha value is -3.85. The molecule has 0 spiro atoms. The number of nitrogens with zero attached hydrogens (tertiary/aromatic N) is 2. The SMILES string of the molecule is CC(C)(C)c1cc(NC(=O)Nc2cc(F)c(F)c(F)c2)n(-c2cc(CO)c3ccccc3c2)n1. The van der Waals surface area contributed by atoms with Crippen molar-refractivity contribution in [3.63, 3.8) is 0 Å². The number of benzene rings is 3. The highest BCUT2D eigenvalue weighted by Gasteiger charge is 2.22. The zero-order valence-electron chi connectivity index (χ0n) is 18.8. The van der Waals surface area contributed by atoms with Crippen LogP contribution >= 0.6 is 0 Å². The molecule has 0 aliphatic rings. The summed E-state index contributed by atoms with van der Waals surface area (Å²) in [5.74, 6) is -4.15. The summed E-state index contributed by atoms with van der Waals surface area (Å²) in [6.45, 7) is 5.71. The molecule has 2 amide bonds. The zero-order chi connectivity index (χ0) is 24.6. The molecular weight excluding hydrogens is 445 g/mol. The standard InChI is InChI=1S/C25H23F3N4O2/c1-25(2,3)21-12-22(30-24(34)29-16-10-19(26)23(28)20(27)11-16)32(31-21)17-8-14-6-4-5-7-18(14)15(9-17)13-33/h4-12,33H,13H2,1-3H3,(H2,29,30,34). The van der Waals surface area contributed by atoms with E-state index >= 15 is 0 Å². The minimum absolute atomic E-state index is 0.188. The van der Waals surface area contributed by atoms with E-state index in [4.69, 9.17) is 0 Å². The fourth-order valence-corrected chi connectivity index (χ4v) is 3.57. The molecule has 3 aromatic carbocycles. The van der Waals surface area contributed by atoms with Gasteiger partial charge in [-0.15, -0.1) is 0 Å². The van der Waals surface area contributed by atoms with Gasteiger partial charge in [0, 0.05) is 29.3 Å². The molecule has 0 saturated heterocycles. The first-order chi connectivity index (χ1) is 16.1. The monoisotopic (exact) mass is 468 g/mol. The van der Waals surface area contributed by atoms with Crippen LogP contribution in [-0.4, -0.2) is 20.9 Å². The number of amides is 2. The summed E-state index contributed by atoms with van der Waals surface area (Å²) in [6.07, 6.45) is 0. The lowest BCUT2D eigenvalue weighted by molar-refractivity contribution is 0.262. The predicted octanol–water partition coefficient (Wildman–Crippen LogP) is 5.88. The maximum Gasteiger partial charge on any atom is 0.324 e. The smallest absolute Gasteiger partial charge is 0.324 e. The topological polar surface area (TPSA) is 79.2 Å². The summed E-state index contributed by atoms with van der Waals surface area (Å²) in [5, 5.41) is 21.3. The fraction of sp³-hybridized carbons (Fsp3) is 0.200. The Morgan fingerprint density at radius 1 is 1.00 bits per heavy atom. The normalized spacial score (nSPS) is 11.6. The van der Waals surface area contributed by atoms with Gasteiger partial charge in [0.15, 0.2) is 17.5 Å². The average Bonchev–Trinajstić information content (AvgIpc) is 3.20. The van der Waals surface area contributed by atoms with Crippen molar-refractivity contribution >= 4 is 28.3 Å². The minimum Gasteiger partial charge on any atom is -0.392 e. The van der Waals surface area contributed by atoms with E-state index in [1.54, 1.807) is 12.1 Å². The first-order valence-electron chi connectivity index (χ1n) is 10.5. The van der Waals surface area contributed by atoms with Crippen LogP contribution in [0.25, 0.3) is 16.5 Å². The Kier molecular flexibility index (Phi) is 6.05. The van der Waals surface area contributed by atoms with Gasteiger partial charge in [-0.05, 0) is 28.5 Å². The Bertz CT molecular complexity index is 1370. The van der Waals surface area contributed by atoms with E-state index in [-0.39, 0.29) is 17.7 Å². The van der Waals surface area contributed by atoms with Crippen molar-refractivity contribution in [1.82, 2.24) is 9.78 Å². The van der Waals surface area contributed by atoms with Crippen molar-refractivity contribution in [2.75, 3.05) is 10.6 Å². The molecule has 0 unspecified atom stereocenters. The van der Waals surface area contributed by atoms with E-state index in [0.717, 1.165) is 10.8 Å². The van der Waals surface area contributed by atoms with Gasteiger partial charge in [0.1, 0.15) is 5.82 Å². The molecule has 34 heavy (non-hydrogen) atoms. The molecule has 176 valence electrons. The summed E-state index contributed by atoms with van der Waals surface area (Å²) in [7, 11) is 0. The number of hydrogen-bond donors (Lipinski definition) is 3. The summed E-state index contributed by atoms with van der Waals surface area (Å²) >= 11 is 0. The molecular formula is C25H23F3N4O2. The zero-order valence-corrected chi connectivity index (χ0v) is 18.8. The predicted molar refractivity (Wildman–Crippen MR) is 125 cm³/mol. The molecule has 9 heteroatoms. The number of hydrogen-bond acceptors (Lipinski definition) is 3. The van der Waals surface area contributed by atoms with Crippen molar-refractivity contribution in [2.24, 2.45) is 0 Å². The quantitative estimate of drug-likeness (QED) is 0.328. The van der Waals surface area contributed by atoms with E-state index in [1.165, 1.54) is 4.68 Å². The lowest BCUT2D eigenvalue weighted by Crippen LogP contribution is -2.21. The number of aliphatic hydroxyl groups is 1. The van der Waals surface area contributed by atoms with Crippen LogP contribution in [0, 0.1) is 17.5 Å². The second kappa shape index (κ2) is 8.83.